The number of fused-ring (bicyclic) bond motifs is 1. The average Bonchev–Trinajstić information content (AvgIpc) is 3.18. The van der Waals surface area contributed by atoms with E-state index in [1.54, 1.807) is 18.1 Å². The standard InChI is InChI=1S/C23H31N3O3/c1-25(15-19-9-5-6-11-24-19)23(28)20-14-18-10-12-26(16-21(18)29-20)22(27)13-17-7-3-2-4-8-17/h5-7,9,11,18,20-21H,2-4,8,10,12-16H2,1H3/t18-,20+,21+/m0/s1. The Bertz CT molecular complexity index is 764. The summed E-state index contributed by atoms with van der Waals surface area (Å²) < 4.78 is 6.14. The van der Waals surface area contributed by atoms with E-state index in [1.807, 2.05) is 23.1 Å². The fourth-order valence-corrected chi connectivity index (χ4v) is 4.75. The molecule has 156 valence electrons. The average molecular weight is 398 g/mol. The number of aromatic nitrogens is 1. The smallest absolute Gasteiger partial charge is 0.251 e. The van der Waals surface area contributed by atoms with Crippen LogP contribution < -0.4 is 0 Å². The monoisotopic (exact) mass is 397 g/mol. The second-order valence-electron chi connectivity index (χ2n) is 8.59. The molecule has 6 nitrogen and oxygen atoms in total. The van der Waals surface area contributed by atoms with Crippen molar-refractivity contribution in [3.05, 3.63) is 41.7 Å². The Morgan fingerprint density at radius 2 is 2.21 bits per heavy atom. The SMILES string of the molecule is CN(Cc1ccccn1)C(=O)[C@H]1C[C@@H]2CCN(C(=O)CC3=CCCCC3)C[C@H]2O1. The van der Waals surface area contributed by atoms with Gasteiger partial charge in [-0.25, -0.2) is 0 Å². The molecular weight excluding hydrogens is 366 g/mol. The van der Waals surface area contributed by atoms with Crippen molar-refractivity contribution in [2.45, 2.75) is 63.7 Å². The third-order valence-corrected chi connectivity index (χ3v) is 6.44. The number of rotatable bonds is 5. The molecule has 3 heterocycles. The topological polar surface area (TPSA) is 62.7 Å². The van der Waals surface area contributed by atoms with Crippen molar-refractivity contribution in [1.29, 1.82) is 0 Å². The van der Waals surface area contributed by atoms with Crippen molar-refractivity contribution in [1.82, 2.24) is 14.8 Å². The number of carbonyl (C=O) groups excluding carboxylic acids is 2. The zero-order chi connectivity index (χ0) is 20.2. The van der Waals surface area contributed by atoms with Gasteiger partial charge in [0.2, 0.25) is 5.91 Å². The summed E-state index contributed by atoms with van der Waals surface area (Å²) in [6, 6.07) is 5.72. The lowest BCUT2D eigenvalue weighted by Gasteiger charge is -2.34. The highest BCUT2D eigenvalue weighted by molar-refractivity contribution is 5.81. The molecule has 1 aromatic rings. The molecule has 0 N–H and O–H groups in total. The van der Waals surface area contributed by atoms with Crippen LogP contribution in [0.4, 0.5) is 0 Å². The van der Waals surface area contributed by atoms with Crippen molar-refractivity contribution in [3.63, 3.8) is 0 Å². The van der Waals surface area contributed by atoms with E-state index in [-0.39, 0.29) is 17.9 Å². The summed E-state index contributed by atoms with van der Waals surface area (Å²) >= 11 is 0. The second-order valence-corrected chi connectivity index (χ2v) is 8.59. The van der Waals surface area contributed by atoms with E-state index in [4.69, 9.17) is 4.74 Å². The maximum Gasteiger partial charge on any atom is 0.251 e. The van der Waals surface area contributed by atoms with Gasteiger partial charge in [0.05, 0.1) is 18.3 Å². The van der Waals surface area contributed by atoms with Gasteiger partial charge in [-0.3, -0.25) is 14.6 Å². The van der Waals surface area contributed by atoms with Crippen molar-refractivity contribution >= 4 is 11.8 Å². The first-order chi connectivity index (χ1) is 14.1. The molecule has 2 fully saturated rings. The quantitative estimate of drug-likeness (QED) is 0.717. The Morgan fingerprint density at radius 1 is 1.31 bits per heavy atom. The normalized spacial score (nSPS) is 26.6. The van der Waals surface area contributed by atoms with Crippen molar-refractivity contribution in [2.75, 3.05) is 20.1 Å². The first-order valence-electron chi connectivity index (χ1n) is 10.9. The molecule has 29 heavy (non-hydrogen) atoms. The van der Waals surface area contributed by atoms with Gasteiger partial charge >= 0.3 is 0 Å². The van der Waals surface area contributed by atoms with E-state index in [0.29, 0.717) is 25.4 Å². The summed E-state index contributed by atoms with van der Waals surface area (Å²) in [4.78, 5) is 33.5. The van der Waals surface area contributed by atoms with Crippen molar-refractivity contribution in [3.8, 4) is 0 Å². The number of likely N-dealkylation sites (N-methyl/N-ethyl adjacent to an activating group) is 1. The van der Waals surface area contributed by atoms with Gasteiger partial charge < -0.3 is 14.5 Å². The summed E-state index contributed by atoms with van der Waals surface area (Å²) in [5.41, 5.74) is 2.16. The highest BCUT2D eigenvalue weighted by Crippen LogP contribution is 2.34. The number of nitrogens with zero attached hydrogens (tertiary/aromatic N) is 3. The molecule has 2 aliphatic heterocycles. The maximum atomic E-state index is 12.9. The summed E-state index contributed by atoms with van der Waals surface area (Å²) in [5.74, 6) is 0.586. The Hall–Kier alpha value is -2.21. The first kappa shape index (κ1) is 20.1. The van der Waals surface area contributed by atoms with E-state index in [1.165, 1.54) is 18.4 Å². The van der Waals surface area contributed by atoms with Crippen molar-refractivity contribution < 1.29 is 14.3 Å². The third-order valence-electron chi connectivity index (χ3n) is 6.44. The van der Waals surface area contributed by atoms with Crippen LogP contribution in [0.25, 0.3) is 0 Å². The van der Waals surface area contributed by atoms with Crippen LogP contribution in [0.2, 0.25) is 0 Å². The highest BCUT2D eigenvalue weighted by Gasteiger charge is 2.43. The van der Waals surface area contributed by atoms with Gasteiger partial charge in [0.15, 0.2) is 0 Å². The number of ether oxygens (including phenoxy) is 1. The van der Waals surface area contributed by atoms with Crippen LogP contribution in [-0.4, -0.2) is 58.9 Å². The summed E-state index contributed by atoms with van der Waals surface area (Å²) in [6.07, 6.45) is 10.4. The number of pyridine rings is 1. The van der Waals surface area contributed by atoms with Gasteiger partial charge in [-0.2, -0.15) is 0 Å². The Morgan fingerprint density at radius 3 is 2.97 bits per heavy atom. The molecular formula is C23H31N3O3. The minimum atomic E-state index is -0.408. The first-order valence-corrected chi connectivity index (χ1v) is 10.9. The predicted octanol–water partition coefficient (Wildman–Crippen LogP) is 2.94. The minimum absolute atomic E-state index is 0.00953. The zero-order valence-corrected chi connectivity index (χ0v) is 17.3. The minimum Gasteiger partial charge on any atom is -0.363 e. The lowest BCUT2D eigenvalue weighted by molar-refractivity contribution is -0.144. The number of allylic oxidation sites excluding steroid dienone is 1. The van der Waals surface area contributed by atoms with E-state index < -0.39 is 6.10 Å². The second kappa shape index (κ2) is 9.08. The van der Waals surface area contributed by atoms with Gasteiger partial charge in [-0.05, 0) is 56.6 Å². The molecule has 0 aromatic carbocycles. The highest BCUT2D eigenvalue weighted by atomic mass is 16.5. The maximum absolute atomic E-state index is 12.9. The van der Waals surface area contributed by atoms with Gasteiger partial charge in [-0.15, -0.1) is 0 Å². The fourth-order valence-electron chi connectivity index (χ4n) is 4.75. The molecule has 0 spiro atoms. The molecule has 0 saturated carbocycles. The lowest BCUT2D eigenvalue weighted by atomic mass is 9.91. The number of amides is 2. The van der Waals surface area contributed by atoms with Crippen LogP contribution >= 0.6 is 0 Å². The molecule has 2 amide bonds. The number of carbonyl (C=O) groups is 2. The summed E-state index contributed by atoms with van der Waals surface area (Å²) in [6.45, 7) is 1.88. The van der Waals surface area contributed by atoms with E-state index in [2.05, 4.69) is 11.1 Å². The third kappa shape index (κ3) is 4.86. The van der Waals surface area contributed by atoms with Crippen LogP contribution in [0.1, 0.15) is 50.6 Å². The van der Waals surface area contributed by atoms with E-state index >= 15 is 0 Å². The zero-order valence-electron chi connectivity index (χ0n) is 17.3. The van der Waals surface area contributed by atoms with Crippen LogP contribution in [0.5, 0.6) is 0 Å². The van der Waals surface area contributed by atoms with Gasteiger partial charge in [0.25, 0.3) is 5.91 Å². The largest absolute Gasteiger partial charge is 0.363 e. The van der Waals surface area contributed by atoms with E-state index in [0.717, 1.165) is 37.9 Å². The number of piperidine rings is 1. The molecule has 6 heteroatoms. The summed E-state index contributed by atoms with van der Waals surface area (Å²) in [5, 5.41) is 0. The predicted molar refractivity (Wildman–Crippen MR) is 110 cm³/mol. The Balaban J connectivity index is 1.30. The molecule has 0 unspecified atom stereocenters. The van der Waals surface area contributed by atoms with Gasteiger partial charge in [-0.1, -0.05) is 17.7 Å². The molecule has 0 radical (unpaired) electrons. The van der Waals surface area contributed by atoms with Crippen LogP contribution in [0, 0.1) is 5.92 Å². The molecule has 3 aliphatic rings. The van der Waals surface area contributed by atoms with E-state index in [9.17, 15) is 9.59 Å². The molecule has 4 rings (SSSR count). The van der Waals surface area contributed by atoms with Crippen LogP contribution in [0.15, 0.2) is 36.0 Å². The lowest BCUT2D eigenvalue weighted by Crippen LogP contribution is -2.45. The fraction of sp³-hybridized carbons (Fsp3) is 0.609. The van der Waals surface area contributed by atoms with Gasteiger partial charge in [0, 0.05) is 32.8 Å². The number of hydrogen-bond acceptors (Lipinski definition) is 4. The molecule has 1 aromatic heterocycles. The number of hydrogen-bond donors (Lipinski definition) is 0. The molecule has 2 saturated heterocycles. The molecule has 0 bridgehead atoms. The van der Waals surface area contributed by atoms with Crippen LogP contribution in [0.3, 0.4) is 0 Å². The molecule has 3 atom stereocenters. The van der Waals surface area contributed by atoms with Crippen molar-refractivity contribution in [2.24, 2.45) is 5.92 Å². The Labute approximate surface area is 172 Å². The Kier molecular flexibility index (Phi) is 6.28. The molecule has 1 aliphatic carbocycles. The van der Waals surface area contributed by atoms with Crippen LogP contribution in [-0.2, 0) is 20.9 Å². The number of likely N-dealkylation sites (tertiary alicyclic amines) is 1. The van der Waals surface area contributed by atoms with Gasteiger partial charge in [0.1, 0.15) is 6.10 Å². The summed E-state index contributed by atoms with van der Waals surface area (Å²) in [7, 11) is 1.80.